The van der Waals surface area contributed by atoms with E-state index in [2.05, 4.69) is 121 Å². The van der Waals surface area contributed by atoms with Crippen LogP contribution in [0.25, 0.3) is 108 Å². The van der Waals surface area contributed by atoms with Crippen molar-refractivity contribution in [2.75, 3.05) is 0 Å². The van der Waals surface area contributed by atoms with Crippen molar-refractivity contribution in [2.24, 2.45) is 0 Å². The van der Waals surface area contributed by atoms with Gasteiger partial charge in [-0.2, -0.15) is 0 Å². The number of hydrogen-bond acceptors (Lipinski definition) is 7. The van der Waals surface area contributed by atoms with Gasteiger partial charge in [-0.3, -0.25) is 0 Å². The Morgan fingerprint density at radius 1 is 0.321 bits per heavy atom. The molecule has 4 aromatic heterocycles. The summed E-state index contributed by atoms with van der Waals surface area (Å²) in [6, 6.07) is 60.9. The number of hydrogen-bond donors (Lipinski definition) is 0. The minimum absolute atomic E-state index is 0.623. The van der Waals surface area contributed by atoms with Gasteiger partial charge in [-0.05, 0) is 47.5 Å². The third-order valence-corrected chi connectivity index (χ3v) is 12.5. The lowest BCUT2D eigenvalue weighted by Gasteiger charge is -2.10. The first kappa shape index (κ1) is 32.5. The van der Waals surface area contributed by atoms with E-state index in [4.69, 9.17) is 24.9 Å². The molecular formula is C49H29N5S2. The third-order valence-electron chi connectivity index (χ3n) is 10.2. The normalized spacial score (nSPS) is 11.6. The van der Waals surface area contributed by atoms with Gasteiger partial charge in [-0.25, -0.2) is 24.9 Å². The molecule has 11 rings (SSSR count). The Kier molecular flexibility index (Phi) is 7.79. The molecule has 7 aromatic carbocycles. The first-order chi connectivity index (χ1) is 27.7. The van der Waals surface area contributed by atoms with Crippen LogP contribution in [0.2, 0.25) is 0 Å². The largest absolute Gasteiger partial charge is 0.226 e. The molecule has 56 heavy (non-hydrogen) atoms. The lowest BCUT2D eigenvalue weighted by molar-refractivity contribution is 1.07. The minimum Gasteiger partial charge on any atom is -0.226 e. The second kappa shape index (κ2) is 13.4. The van der Waals surface area contributed by atoms with Gasteiger partial charge in [0.15, 0.2) is 23.3 Å². The summed E-state index contributed by atoms with van der Waals surface area (Å²) in [6.07, 6.45) is 0. The van der Waals surface area contributed by atoms with E-state index in [9.17, 15) is 0 Å². The molecule has 262 valence electrons. The highest BCUT2D eigenvalue weighted by atomic mass is 32.1. The summed E-state index contributed by atoms with van der Waals surface area (Å²) in [4.78, 5) is 25.8. The topological polar surface area (TPSA) is 64.5 Å². The zero-order valence-electron chi connectivity index (χ0n) is 29.8. The van der Waals surface area contributed by atoms with Crippen LogP contribution in [0.3, 0.4) is 0 Å². The van der Waals surface area contributed by atoms with E-state index in [0.717, 1.165) is 71.5 Å². The molecule has 0 atom stereocenters. The second-order valence-corrected chi connectivity index (χ2v) is 15.8. The van der Waals surface area contributed by atoms with Crippen LogP contribution in [0.5, 0.6) is 0 Å². The Labute approximate surface area is 330 Å². The van der Waals surface area contributed by atoms with Crippen molar-refractivity contribution in [3.8, 4) is 67.9 Å². The molecule has 0 unspecified atom stereocenters. The quantitative estimate of drug-likeness (QED) is 0.169. The molecule has 4 heterocycles. The monoisotopic (exact) mass is 751 g/mol. The second-order valence-electron chi connectivity index (χ2n) is 13.6. The molecular weight excluding hydrogens is 723 g/mol. The first-order valence-corrected chi connectivity index (χ1v) is 20.0. The zero-order valence-corrected chi connectivity index (χ0v) is 31.4. The van der Waals surface area contributed by atoms with Crippen LogP contribution in [0.4, 0.5) is 0 Å². The lowest BCUT2D eigenvalue weighted by Crippen LogP contribution is -2.00. The SMILES string of the molecule is c1ccc(-c2cccc(-c3nc(-c4ccccc4)nc(-c4ccc5sc6cccc(-c7nc(-c8ccccc8)nc8c7sc7ccccc78)c6c5c4)n3)c2)cc1. The van der Waals surface area contributed by atoms with Crippen LogP contribution in [-0.2, 0) is 0 Å². The fourth-order valence-corrected chi connectivity index (χ4v) is 9.73. The van der Waals surface area contributed by atoms with Crippen molar-refractivity contribution >= 4 is 63.1 Å². The van der Waals surface area contributed by atoms with E-state index >= 15 is 0 Å². The molecule has 7 heteroatoms. The van der Waals surface area contributed by atoms with Gasteiger partial charge >= 0.3 is 0 Å². The summed E-state index contributed by atoms with van der Waals surface area (Å²) in [5, 5.41) is 3.45. The molecule has 0 saturated heterocycles. The molecule has 0 fully saturated rings. The molecule has 0 spiro atoms. The summed E-state index contributed by atoms with van der Waals surface area (Å²) in [5.41, 5.74) is 9.04. The molecule has 0 aliphatic rings. The van der Waals surface area contributed by atoms with Crippen LogP contribution in [-0.4, -0.2) is 24.9 Å². The number of fused-ring (bicyclic) bond motifs is 6. The zero-order chi connectivity index (χ0) is 37.0. The Hall–Kier alpha value is -6.93. The van der Waals surface area contributed by atoms with E-state index in [1.54, 1.807) is 22.7 Å². The van der Waals surface area contributed by atoms with Crippen LogP contribution >= 0.6 is 22.7 Å². The van der Waals surface area contributed by atoms with Crippen molar-refractivity contribution in [1.29, 1.82) is 0 Å². The summed E-state index contributed by atoms with van der Waals surface area (Å²) >= 11 is 3.55. The maximum atomic E-state index is 5.34. The first-order valence-electron chi connectivity index (χ1n) is 18.4. The Balaban J connectivity index is 1.12. The Morgan fingerprint density at radius 3 is 1.59 bits per heavy atom. The van der Waals surface area contributed by atoms with E-state index in [1.165, 1.54) is 19.5 Å². The van der Waals surface area contributed by atoms with Crippen LogP contribution in [0.15, 0.2) is 176 Å². The highest BCUT2D eigenvalue weighted by molar-refractivity contribution is 7.26. The minimum atomic E-state index is 0.623. The van der Waals surface area contributed by atoms with Gasteiger partial charge < -0.3 is 0 Å². The van der Waals surface area contributed by atoms with Crippen LogP contribution in [0, 0.1) is 0 Å². The lowest BCUT2D eigenvalue weighted by atomic mass is 10.0. The van der Waals surface area contributed by atoms with Gasteiger partial charge in [0.25, 0.3) is 0 Å². The van der Waals surface area contributed by atoms with E-state index in [0.29, 0.717) is 17.5 Å². The number of thiophene rings is 2. The third kappa shape index (κ3) is 5.64. The summed E-state index contributed by atoms with van der Waals surface area (Å²) in [7, 11) is 0. The van der Waals surface area contributed by atoms with Gasteiger partial charge in [0.2, 0.25) is 0 Å². The summed E-state index contributed by atoms with van der Waals surface area (Å²) < 4.78 is 4.67. The molecule has 0 bridgehead atoms. The maximum Gasteiger partial charge on any atom is 0.164 e. The van der Waals surface area contributed by atoms with Crippen molar-refractivity contribution in [2.45, 2.75) is 0 Å². The predicted octanol–water partition coefficient (Wildman–Crippen LogP) is 13.4. The molecule has 11 aromatic rings. The number of rotatable bonds is 6. The molecule has 0 amide bonds. The maximum absolute atomic E-state index is 5.34. The van der Waals surface area contributed by atoms with Crippen molar-refractivity contribution in [3.05, 3.63) is 176 Å². The molecule has 0 aliphatic heterocycles. The van der Waals surface area contributed by atoms with Gasteiger partial charge in [0.1, 0.15) is 0 Å². The molecule has 0 N–H and O–H groups in total. The van der Waals surface area contributed by atoms with Crippen LogP contribution in [0.1, 0.15) is 0 Å². The van der Waals surface area contributed by atoms with Gasteiger partial charge in [0.05, 0.1) is 15.9 Å². The van der Waals surface area contributed by atoms with E-state index in [-0.39, 0.29) is 0 Å². The average molecular weight is 752 g/mol. The van der Waals surface area contributed by atoms with Crippen LogP contribution < -0.4 is 0 Å². The summed E-state index contributed by atoms with van der Waals surface area (Å²) in [5.74, 6) is 2.60. The van der Waals surface area contributed by atoms with E-state index in [1.807, 2.05) is 54.6 Å². The van der Waals surface area contributed by atoms with Gasteiger partial charge in [-0.1, -0.05) is 140 Å². The van der Waals surface area contributed by atoms with Crippen molar-refractivity contribution in [3.63, 3.8) is 0 Å². The molecule has 5 nitrogen and oxygen atoms in total. The smallest absolute Gasteiger partial charge is 0.164 e. The average Bonchev–Trinajstić information content (AvgIpc) is 3.85. The number of benzene rings is 7. The highest BCUT2D eigenvalue weighted by Gasteiger charge is 2.21. The fourth-order valence-electron chi connectivity index (χ4n) is 7.47. The van der Waals surface area contributed by atoms with Crippen molar-refractivity contribution in [1.82, 2.24) is 24.9 Å². The van der Waals surface area contributed by atoms with Crippen molar-refractivity contribution < 1.29 is 0 Å². The summed E-state index contributed by atoms with van der Waals surface area (Å²) in [6.45, 7) is 0. The standard InChI is InChI=1S/C49H29N5S2/c1-4-14-30(15-5-1)33-20-12-21-34(28-33)48-52-47(32-18-8-3-9-19-32)53-49(54-48)35-26-27-40-38(29-35)42-37(23-13-25-41(42)55-40)44-45-43(36-22-10-11-24-39(36)56-45)50-46(51-44)31-16-6-2-7-17-31/h1-29H. The number of aromatic nitrogens is 5. The Morgan fingerprint density at radius 2 is 0.857 bits per heavy atom. The van der Waals surface area contributed by atoms with Gasteiger partial charge in [0, 0.05) is 58.1 Å². The number of nitrogens with zero attached hydrogens (tertiary/aromatic N) is 5. The molecule has 0 radical (unpaired) electrons. The molecule has 0 aliphatic carbocycles. The Bertz CT molecular complexity index is 3250. The fraction of sp³-hybridized carbons (Fsp3) is 0. The van der Waals surface area contributed by atoms with E-state index < -0.39 is 0 Å². The predicted molar refractivity (Wildman–Crippen MR) is 234 cm³/mol. The van der Waals surface area contributed by atoms with Gasteiger partial charge in [-0.15, -0.1) is 22.7 Å². The molecule has 0 saturated carbocycles. The highest BCUT2D eigenvalue weighted by Crippen LogP contribution is 2.45.